The van der Waals surface area contributed by atoms with Gasteiger partial charge in [-0.25, -0.2) is 4.79 Å². The summed E-state index contributed by atoms with van der Waals surface area (Å²) in [6.45, 7) is 1.84. The summed E-state index contributed by atoms with van der Waals surface area (Å²) in [5.41, 5.74) is 2.01. The van der Waals surface area contributed by atoms with Gasteiger partial charge in [-0.05, 0) is 35.4 Å². The van der Waals surface area contributed by atoms with Crippen molar-refractivity contribution >= 4 is 39.0 Å². The van der Waals surface area contributed by atoms with Crippen LogP contribution >= 0.6 is 11.3 Å². The third-order valence-corrected chi connectivity index (χ3v) is 5.61. The number of benzene rings is 3. The van der Waals surface area contributed by atoms with Crippen molar-refractivity contribution in [3.8, 4) is 16.9 Å². The molecular formula is C25H21NO4S. The van der Waals surface area contributed by atoms with Crippen LogP contribution in [0.5, 0.6) is 5.75 Å². The minimum atomic E-state index is -0.467. The summed E-state index contributed by atoms with van der Waals surface area (Å²) in [5.74, 6) is -0.211. The molecule has 0 atom stereocenters. The molecular weight excluding hydrogens is 410 g/mol. The first-order chi connectivity index (χ1) is 15.2. The minimum Gasteiger partial charge on any atom is -0.484 e. The van der Waals surface area contributed by atoms with E-state index in [1.54, 1.807) is 19.1 Å². The second-order valence-corrected chi connectivity index (χ2v) is 7.63. The molecule has 0 saturated carbocycles. The van der Waals surface area contributed by atoms with E-state index in [-0.39, 0.29) is 19.1 Å². The number of para-hydroxylation sites is 1. The van der Waals surface area contributed by atoms with Crippen LogP contribution in [0.2, 0.25) is 0 Å². The maximum Gasteiger partial charge on any atom is 0.341 e. The number of carbonyl (C=O) groups is 2. The highest BCUT2D eigenvalue weighted by Crippen LogP contribution is 2.39. The van der Waals surface area contributed by atoms with E-state index in [2.05, 4.69) is 5.32 Å². The summed E-state index contributed by atoms with van der Waals surface area (Å²) in [7, 11) is 0. The SMILES string of the molecule is CCOC(=O)c1c(-c2cccc3ccccc23)csc1NC(=O)COc1ccccc1. The van der Waals surface area contributed by atoms with Gasteiger partial charge >= 0.3 is 5.97 Å². The zero-order valence-electron chi connectivity index (χ0n) is 17.0. The monoisotopic (exact) mass is 431 g/mol. The lowest BCUT2D eigenvalue weighted by Gasteiger charge is -2.11. The van der Waals surface area contributed by atoms with Crippen molar-refractivity contribution in [3.63, 3.8) is 0 Å². The van der Waals surface area contributed by atoms with E-state index in [0.717, 1.165) is 21.9 Å². The Morgan fingerprint density at radius 2 is 1.65 bits per heavy atom. The highest BCUT2D eigenvalue weighted by molar-refractivity contribution is 7.15. The molecule has 0 aliphatic carbocycles. The first-order valence-corrected chi connectivity index (χ1v) is 10.8. The van der Waals surface area contributed by atoms with E-state index in [9.17, 15) is 9.59 Å². The Morgan fingerprint density at radius 1 is 0.903 bits per heavy atom. The van der Waals surface area contributed by atoms with Crippen LogP contribution in [0.4, 0.5) is 5.00 Å². The number of thiophene rings is 1. The lowest BCUT2D eigenvalue weighted by Crippen LogP contribution is -2.21. The van der Waals surface area contributed by atoms with Gasteiger partial charge in [0.25, 0.3) is 5.91 Å². The Bertz CT molecular complexity index is 1210. The Balaban J connectivity index is 1.65. The van der Waals surface area contributed by atoms with Gasteiger partial charge in [0.1, 0.15) is 16.3 Å². The van der Waals surface area contributed by atoms with E-state index < -0.39 is 5.97 Å². The Morgan fingerprint density at radius 3 is 2.45 bits per heavy atom. The van der Waals surface area contributed by atoms with Crippen LogP contribution in [0.15, 0.2) is 78.2 Å². The maximum atomic E-state index is 12.8. The van der Waals surface area contributed by atoms with E-state index in [1.165, 1.54) is 11.3 Å². The average molecular weight is 432 g/mol. The lowest BCUT2D eigenvalue weighted by molar-refractivity contribution is -0.118. The summed E-state index contributed by atoms with van der Waals surface area (Å²) < 4.78 is 10.8. The minimum absolute atomic E-state index is 0.159. The molecule has 5 nitrogen and oxygen atoms in total. The number of esters is 1. The van der Waals surface area contributed by atoms with Gasteiger partial charge in [0, 0.05) is 10.9 Å². The number of hydrogen-bond donors (Lipinski definition) is 1. The van der Waals surface area contributed by atoms with Gasteiger partial charge in [-0.2, -0.15) is 0 Å². The quantitative estimate of drug-likeness (QED) is 0.378. The Labute approximate surface area is 184 Å². The molecule has 1 amide bonds. The van der Waals surface area contributed by atoms with E-state index >= 15 is 0 Å². The van der Waals surface area contributed by atoms with Crippen LogP contribution in [-0.4, -0.2) is 25.1 Å². The van der Waals surface area contributed by atoms with Gasteiger partial charge in [-0.15, -0.1) is 11.3 Å². The summed E-state index contributed by atoms with van der Waals surface area (Å²) >= 11 is 1.30. The van der Waals surface area contributed by atoms with Gasteiger partial charge < -0.3 is 14.8 Å². The van der Waals surface area contributed by atoms with Gasteiger partial charge in [0.15, 0.2) is 6.61 Å². The molecule has 156 valence electrons. The highest BCUT2D eigenvalue weighted by Gasteiger charge is 2.23. The first-order valence-electron chi connectivity index (χ1n) is 9.92. The number of fused-ring (bicyclic) bond motifs is 1. The van der Waals surface area contributed by atoms with Crippen LogP contribution in [0.25, 0.3) is 21.9 Å². The summed E-state index contributed by atoms with van der Waals surface area (Å²) in [5, 5.41) is 7.23. The van der Waals surface area contributed by atoms with Crippen molar-refractivity contribution in [2.75, 3.05) is 18.5 Å². The number of rotatable bonds is 7. The van der Waals surface area contributed by atoms with E-state index in [0.29, 0.717) is 16.3 Å². The summed E-state index contributed by atoms with van der Waals surface area (Å²) in [6.07, 6.45) is 0. The molecule has 4 aromatic rings. The van der Waals surface area contributed by atoms with Gasteiger partial charge in [0.2, 0.25) is 0 Å². The van der Waals surface area contributed by atoms with Crippen molar-refractivity contribution in [3.05, 3.63) is 83.7 Å². The van der Waals surface area contributed by atoms with E-state index in [4.69, 9.17) is 9.47 Å². The molecule has 3 aromatic carbocycles. The van der Waals surface area contributed by atoms with Crippen molar-refractivity contribution in [1.29, 1.82) is 0 Å². The number of amides is 1. The molecule has 1 heterocycles. The molecule has 0 bridgehead atoms. The fourth-order valence-electron chi connectivity index (χ4n) is 3.34. The fourth-order valence-corrected chi connectivity index (χ4v) is 4.31. The predicted octanol–water partition coefficient (Wildman–Crippen LogP) is 5.76. The molecule has 0 unspecified atom stereocenters. The van der Waals surface area contributed by atoms with Crippen LogP contribution in [0.1, 0.15) is 17.3 Å². The lowest BCUT2D eigenvalue weighted by atomic mass is 9.97. The number of carbonyl (C=O) groups excluding carboxylic acids is 2. The highest BCUT2D eigenvalue weighted by atomic mass is 32.1. The predicted molar refractivity (Wildman–Crippen MR) is 124 cm³/mol. The molecule has 0 spiro atoms. The van der Waals surface area contributed by atoms with Crippen LogP contribution in [0, 0.1) is 0 Å². The first kappa shape index (κ1) is 20.6. The molecule has 0 radical (unpaired) electrons. The molecule has 0 aliphatic rings. The second-order valence-electron chi connectivity index (χ2n) is 6.75. The van der Waals surface area contributed by atoms with Gasteiger partial charge in [0.05, 0.1) is 6.61 Å². The third kappa shape index (κ3) is 4.59. The van der Waals surface area contributed by atoms with Crippen molar-refractivity contribution in [2.24, 2.45) is 0 Å². The van der Waals surface area contributed by atoms with Crippen molar-refractivity contribution in [2.45, 2.75) is 6.92 Å². The van der Waals surface area contributed by atoms with Crippen LogP contribution in [-0.2, 0) is 9.53 Å². The van der Waals surface area contributed by atoms with Gasteiger partial charge in [-0.1, -0.05) is 60.7 Å². The van der Waals surface area contributed by atoms with Crippen molar-refractivity contribution < 1.29 is 19.1 Å². The van der Waals surface area contributed by atoms with Crippen LogP contribution < -0.4 is 10.1 Å². The number of nitrogens with one attached hydrogen (secondary N) is 1. The summed E-state index contributed by atoms with van der Waals surface area (Å²) in [4.78, 5) is 25.3. The standard InChI is InChI=1S/C25H21NO4S/c1-2-29-25(28)23-21(20-14-8-10-17-9-6-7-13-19(17)20)16-31-24(23)26-22(27)15-30-18-11-4-3-5-12-18/h3-14,16H,2,15H2,1H3,(H,26,27). The second kappa shape index (κ2) is 9.45. The zero-order valence-corrected chi connectivity index (χ0v) is 17.8. The molecule has 1 aromatic heterocycles. The molecule has 1 N–H and O–H groups in total. The Kier molecular flexibility index (Phi) is 6.29. The molecule has 0 fully saturated rings. The number of ether oxygens (including phenoxy) is 2. The average Bonchev–Trinajstić information content (AvgIpc) is 3.21. The Hall–Kier alpha value is -3.64. The molecule has 4 rings (SSSR count). The third-order valence-electron chi connectivity index (χ3n) is 4.72. The number of hydrogen-bond acceptors (Lipinski definition) is 5. The van der Waals surface area contributed by atoms with Crippen LogP contribution in [0.3, 0.4) is 0 Å². The smallest absolute Gasteiger partial charge is 0.341 e. The zero-order chi connectivity index (χ0) is 21.6. The summed E-state index contributed by atoms with van der Waals surface area (Å²) in [6, 6.07) is 23.0. The van der Waals surface area contributed by atoms with E-state index in [1.807, 2.05) is 66.0 Å². The topological polar surface area (TPSA) is 64.6 Å². The van der Waals surface area contributed by atoms with Gasteiger partial charge in [-0.3, -0.25) is 4.79 Å². The molecule has 0 aliphatic heterocycles. The molecule has 6 heteroatoms. The molecule has 31 heavy (non-hydrogen) atoms. The molecule has 0 saturated heterocycles. The largest absolute Gasteiger partial charge is 0.484 e. The normalized spacial score (nSPS) is 10.6. The van der Waals surface area contributed by atoms with Crippen molar-refractivity contribution in [1.82, 2.24) is 0 Å². The number of anilines is 1. The maximum absolute atomic E-state index is 12.8. The fraction of sp³-hybridized carbons (Fsp3) is 0.120.